The van der Waals surface area contributed by atoms with E-state index in [0.717, 1.165) is 21.4 Å². The standard InChI is InChI=1S/C19H18BrN3O2S/c20-15-6-8-16(9-7-15)22-18(25)13-26-19-21-10-17(12-24)23(19)11-14-4-2-1-3-5-14/h1-10,24H,11-13H2,(H,22,25). The molecule has 0 radical (unpaired) electrons. The van der Waals surface area contributed by atoms with Crippen molar-refractivity contribution in [2.75, 3.05) is 11.1 Å². The van der Waals surface area contributed by atoms with Gasteiger partial charge in [-0.1, -0.05) is 58.0 Å². The van der Waals surface area contributed by atoms with Gasteiger partial charge >= 0.3 is 0 Å². The second kappa shape index (κ2) is 9.02. The lowest BCUT2D eigenvalue weighted by atomic mass is 10.2. The smallest absolute Gasteiger partial charge is 0.234 e. The first-order valence-electron chi connectivity index (χ1n) is 8.03. The summed E-state index contributed by atoms with van der Waals surface area (Å²) in [5.41, 5.74) is 2.59. The number of nitrogens with zero attached hydrogens (tertiary/aromatic N) is 2. The number of benzene rings is 2. The molecule has 1 heterocycles. The van der Waals surface area contributed by atoms with Gasteiger partial charge in [0.05, 0.1) is 24.3 Å². The summed E-state index contributed by atoms with van der Waals surface area (Å²) in [6, 6.07) is 17.4. The van der Waals surface area contributed by atoms with Gasteiger partial charge in [-0.3, -0.25) is 4.79 Å². The van der Waals surface area contributed by atoms with E-state index in [9.17, 15) is 9.90 Å². The minimum Gasteiger partial charge on any atom is -0.390 e. The number of thioether (sulfide) groups is 1. The van der Waals surface area contributed by atoms with E-state index in [4.69, 9.17) is 0 Å². The molecule has 3 aromatic rings. The van der Waals surface area contributed by atoms with Crippen LogP contribution in [0.25, 0.3) is 0 Å². The number of hydrogen-bond donors (Lipinski definition) is 2. The molecule has 0 saturated carbocycles. The Morgan fingerprint density at radius 3 is 2.58 bits per heavy atom. The van der Waals surface area contributed by atoms with Crippen LogP contribution >= 0.6 is 27.7 Å². The predicted molar refractivity (Wildman–Crippen MR) is 107 cm³/mol. The molecule has 0 bridgehead atoms. The number of aliphatic hydroxyl groups excluding tert-OH is 1. The van der Waals surface area contributed by atoms with Crippen LogP contribution in [0.15, 0.2) is 70.4 Å². The second-order valence-corrected chi connectivity index (χ2v) is 7.46. The molecular weight excluding hydrogens is 414 g/mol. The molecule has 2 aromatic carbocycles. The van der Waals surface area contributed by atoms with Crippen molar-refractivity contribution in [1.82, 2.24) is 9.55 Å². The fourth-order valence-corrected chi connectivity index (χ4v) is 3.49. The lowest BCUT2D eigenvalue weighted by molar-refractivity contribution is -0.113. The number of hydrogen-bond acceptors (Lipinski definition) is 4. The maximum absolute atomic E-state index is 12.2. The van der Waals surface area contributed by atoms with Crippen LogP contribution in [0.5, 0.6) is 0 Å². The third-order valence-corrected chi connectivity index (χ3v) is 5.23. The Morgan fingerprint density at radius 2 is 1.88 bits per heavy atom. The van der Waals surface area contributed by atoms with Gasteiger partial charge in [0, 0.05) is 16.7 Å². The summed E-state index contributed by atoms with van der Waals surface area (Å²) < 4.78 is 2.90. The van der Waals surface area contributed by atoms with Crippen LogP contribution in [0, 0.1) is 0 Å². The van der Waals surface area contributed by atoms with Gasteiger partial charge in [-0.05, 0) is 29.8 Å². The van der Waals surface area contributed by atoms with Crippen molar-refractivity contribution < 1.29 is 9.90 Å². The van der Waals surface area contributed by atoms with E-state index in [1.165, 1.54) is 11.8 Å². The summed E-state index contributed by atoms with van der Waals surface area (Å²) >= 11 is 4.72. The van der Waals surface area contributed by atoms with Gasteiger partial charge in [-0.2, -0.15) is 0 Å². The molecule has 0 atom stereocenters. The highest BCUT2D eigenvalue weighted by molar-refractivity contribution is 9.10. The van der Waals surface area contributed by atoms with Crippen molar-refractivity contribution in [2.45, 2.75) is 18.3 Å². The molecule has 0 unspecified atom stereocenters. The highest BCUT2D eigenvalue weighted by atomic mass is 79.9. The van der Waals surface area contributed by atoms with Gasteiger partial charge in [0.1, 0.15) is 0 Å². The van der Waals surface area contributed by atoms with E-state index in [2.05, 4.69) is 26.2 Å². The van der Waals surface area contributed by atoms with Gasteiger partial charge in [-0.25, -0.2) is 4.98 Å². The van der Waals surface area contributed by atoms with Crippen LogP contribution < -0.4 is 5.32 Å². The number of carbonyl (C=O) groups excluding carboxylic acids is 1. The van der Waals surface area contributed by atoms with Crippen LogP contribution in [0.3, 0.4) is 0 Å². The summed E-state index contributed by atoms with van der Waals surface area (Å²) in [6.07, 6.45) is 1.65. The van der Waals surface area contributed by atoms with Gasteiger partial charge in [0.15, 0.2) is 5.16 Å². The zero-order chi connectivity index (χ0) is 18.4. The normalized spacial score (nSPS) is 10.7. The summed E-state index contributed by atoms with van der Waals surface area (Å²) in [5, 5.41) is 13.1. The number of carbonyl (C=O) groups is 1. The number of nitrogens with one attached hydrogen (secondary N) is 1. The highest BCUT2D eigenvalue weighted by Crippen LogP contribution is 2.21. The number of aliphatic hydroxyl groups is 1. The van der Waals surface area contributed by atoms with E-state index in [1.54, 1.807) is 6.20 Å². The zero-order valence-electron chi connectivity index (χ0n) is 13.9. The van der Waals surface area contributed by atoms with Crippen molar-refractivity contribution in [3.05, 3.63) is 76.5 Å². The van der Waals surface area contributed by atoms with Crippen molar-refractivity contribution in [3.8, 4) is 0 Å². The third-order valence-electron chi connectivity index (χ3n) is 3.71. The molecule has 0 aliphatic carbocycles. The summed E-state index contributed by atoms with van der Waals surface area (Å²) in [5.74, 6) is 0.143. The topological polar surface area (TPSA) is 67.1 Å². The molecule has 0 fully saturated rings. The Hall–Kier alpha value is -2.09. The Balaban J connectivity index is 1.65. The zero-order valence-corrected chi connectivity index (χ0v) is 16.3. The number of anilines is 1. The van der Waals surface area contributed by atoms with E-state index >= 15 is 0 Å². The molecule has 1 aromatic heterocycles. The van der Waals surface area contributed by atoms with Crippen LogP contribution in [-0.4, -0.2) is 26.3 Å². The number of amides is 1. The van der Waals surface area contributed by atoms with Crippen LogP contribution in [-0.2, 0) is 17.9 Å². The molecule has 0 spiro atoms. The molecule has 7 heteroatoms. The molecule has 0 aliphatic rings. The quantitative estimate of drug-likeness (QED) is 0.556. The Bertz CT molecular complexity index is 866. The first-order valence-corrected chi connectivity index (χ1v) is 9.81. The molecule has 1 amide bonds. The summed E-state index contributed by atoms with van der Waals surface area (Å²) in [4.78, 5) is 16.5. The summed E-state index contributed by atoms with van der Waals surface area (Å²) in [7, 11) is 0. The maximum Gasteiger partial charge on any atom is 0.234 e. The van der Waals surface area contributed by atoms with Crippen molar-refractivity contribution in [3.63, 3.8) is 0 Å². The largest absolute Gasteiger partial charge is 0.390 e. The molecule has 5 nitrogen and oxygen atoms in total. The van der Waals surface area contributed by atoms with Crippen molar-refractivity contribution >= 4 is 39.3 Å². The fourth-order valence-electron chi connectivity index (χ4n) is 2.43. The molecular formula is C19H18BrN3O2S. The lowest BCUT2D eigenvalue weighted by Gasteiger charge is -2.11. The van der Waals surface area contributed by atoms with Crippen molar-refractivity contribution in [2.24, 2.45) is 0 Å². The van der Waals surface area contributed by atoms with E-state index in [-0.39, 0.29) is 18.3 Å². The van der Waals surface area contributed by atoms with Gasteiger partial charge in [-0.15, -0.1) is 0 Å². The maximum atomic E-state index is 12.2. The Labute approximate surface area is 164 Å². The van der Waals surface area contributed by atoms with Gasteiger partial charge in [0.25, 0.3) is 0 Å². The van der Waals surface area contributed by atoms with Crippen LogP contribution in [0.4, 0.5) is 5.69 Å². The Kier molecular flexibility index (Phi) is 6.49. The molecule has 26 heavy (non-hydrogen) atoms. The average Bonchev–Trinajstić information content (AvgIpc) is 3.04. The van der Waals surface area contributed by atoms with E-state index < -0.39 is 0 Å². The monoisotopic (exact) mass is 431 g/mol. The third kappa shape index (κ3) is 4.97. The number of aromatic nitrogens is 2. The van der Waals surface area contributed by atoms with Crippen molar-refractivity contribution in [1.29, 1.82) is 0 Å². The molecule has 0 saturated heterocycles. The fraction of sp³-hybridized carbons (Fsp3) is 0.158. The molecule has 0 aliphatic heterocycles. The minimum absolute atomic E-state index is 0.0918. The van der Waals surface area contributed by atoms with E-state index in [1.807, 2.05) is 59.2 Å². The first kappa shape index (κ1) is 18.7. The highest BCUT2D eigenvalue weighted by Gasteiger charge is 2.12. The van der Waals surface area contributed by atoms with E-state index in [0.29, 0.717) is 11.7 Å². The average molecular weight is 432 g/mol. The van der Waals surface area contributed by atoms with Crippen LogP contribution in [0.1, 0.15) is 11.3 Å². The van der Waals surface area contributed by atoms with Gasteiger partial charge in [0.2, 0.25) is 5.91 Å². The molecule has 2 N–H and O–H groups in total. The minimum atomic E-state index is -0.0999. The van der Waals surface area contributed by atoms with Gasteiger partial charge < -0.3 is 15.0 Å². The second-order valence-electron chi connectivity index (χ2n) is 5.61. The Morgan fingerprint density at radius 1 is 1.15 bits per heavy atom. The summed E-state index contributed by atoms with van der Waals surface area (Å²) in [6.45, 7) is 0.513. The molecule has 134 valence electrons. The SMILES string of the molecule is O=C(CSc1ncc(CO)n1Cc1ccccc1)Nc1ccc(Br)cc1. The first-order chi connectivity index (χ1) is 12.7. The number of halogens is 1. The lowest BCUT2D eigenvalue weighted by Crippen LogP contribution is -2.15. The molecule has 3 rings (SSSR count). The number of imidazole rings is 1. The van der Waals surface area contributed by atoms with Crippen LogP contribution in [0.2, 0.25) is 0 Å². The predicted octanol–water partition coefficient (Wildman–Crippen LogP) is 3.92. The number of rotatable bonds is 7.